The van der Waals surface area contributed by atoms with Gasteiger partial charge in [-0.15, -0.1) is 0 Å². The minimum Gasteiger partial charge on any atom is -0.507 e. The van der Waals surface area contributed by atoms with Crippen molar-refractivity contribution in [2.75, 3.05) is 14.2 Å². The summed E-state index contributed by atoms with van der Waals surface area (Å²) in [6, 6.07) is 7.71. The number of hydrogen-bond acceptors (Lipinski definition) is 5. The molecule has 1 aliphatic rings. The van der Waals surface area contributed by atoms with Gasteiger partial charge in [-0.25, -0.2) is 4.79 Å². The maximum atomic E-state index is 12.8. The fourth-order valence-corrected chi connectivity index (χ4v) is 3.05. The fourth-order valence-electron chi connectivity index (χ4n) is 3.05. The highest BCUT2D eigenvalue weighted by Gasteiger charge is 2.24. The van der Waals surface area contributed by atoms with E-state index in [0.29, 0.717) is 41.0 Å². The van der Waals surface area contributed by atoms with Crippen molar-refractivity contribution in [1.82, 2.24) is 0 Å². The van der Waals surface area contributed by atoms with Crippen LogP contribution in [-0.4, -0.2) is 36.2 Å². The van der Waals surface area contributed by atoms with Crippen molar-refractivity contribution < 1.29 is 29.3 Å². The summed E-state index contributed by atoms with van der Waals surface area (Å²) < 4.78 is 10.5. The van der Waals surface area contributed by atoms with E-state index in [1.54, 1.807) is 25.3 Å². The first-order chi connectivity index (χ1) is 12.4. The molecule has 0 amide bonds. The normalized spacial score (nSPS) is 14.8. The molecule has 2 aromatic carbocycles. The lowest BCUT2D eigenvalue weighted by Crippen LogP contribution is -2.14. The Bertz CT molecular complexity index is 926. The number of allylic oxidation sites excluding steroid dienone is 1. The number of aromatic carboxylic acids is 1. The molecule has 0 fully saturated rings. The summed E-state index contributed by atoms with van der Waals surface area (Å²) in [4.78, 5) is 23.8. The van der Waals surface area contributed by atoms with Crippen molar-refractivity contribution in [3.8, 4) is 17.2 Å². The minimum atomic E-state index is -1.20. The molecule has 2 aromatic rings. The van der Waals surface area contributed by atoms with Crippen LogP contribution in [0.4, 0.5) is 0 Å². The Labute approximate surface area is 150 Å². The van der Waals surface area contributed by atoms with Gasteiger partial charge in [-0.05, 0) is 54.3 Å². The van der Waals surface area contributed by atoms with E-state index in [4.69, 9.17) is 14.6 Å². The number of hydrogen-bond donors (Lipinski definition) is 2. The van der Waals surface area contributed by atoms with E-state index in [-0.39, 0.29) is 17.1 Å². The zero-order valence-electron chi connectivity index (χ0n) is 14.4. The number of benzene rings is 2. The lowest BCUT2D eigenvalue weighted by Gasteiger charge is -2.20. The van der Waals surface area contributed by atoms with Crippen LogP contribution >= 0.6 is 0 Å². The second-order valence-corrected chi connectivity index (χ2v) is 5.94. The highest BCUT2D eigenvalue weighted by molar-refractivity contribution is 6.13. The quantitative estimate of drug-likeness (QED) is 0.818. The number of carboxylic acid groups (broad SMARTS) is 1. The van der Waals surface area contributed by atoms with Gasteiger partial charge in [0.2, 0.25) is 0 Å². The molecule has 0 saturated carbocycles. The number of aromatic hydroxyl groups is 1. The van der Waals surface area contributed by atoms with E-state index < -0.39 is 5.97 Å². The largest absolute Gasteiger partial charge is 0.507 e. The summed E-state index contributed by atoms with van der Waals surface area (Å²) in [5.74, 6) is -0.577. The van der Waals surface area contributed by atoms with Crippen LogP contribution in [0.5, 0.6) is 17.2 Å². The molecule has 26 heavy (non-hydrogen) atoms. The van der Waals surface area contributed by atoms with Crippen LogP contribution in [0.15, 0.2) is 35.9 Å². The van der Waals surface area contributed by atoms with Crippen molar-refractivity contribution >= 4 is 17.8 Å². The van der Waals surface area contributed by atoms with Crippen LogP contribution in [0.3, 0.4) is 0 Å². The Kier molecular flexibility index (Phi) is 4.67. The monoisotopic (exact) mass is 354 g/mol. The molecule has 0 aromatic heterocycles. The van der Waals surface area contributed by atoms with Crippen molar-refractivity contribution in [3.05, 3.63) is 58.2 Å². The second-order valence-electron chi connectivity index (χ2n) is 5.94. The van der Waals surface area contributed by atoms with Crippen LogP contribution in [0.1, 0.15) is 38.3 Å². The molecular formula is C20H18O6. The number of Topliss-reactive ketones (excluding diaryl/α,β-unsaturated/α-hetero) is 1. The Balaban J connectivity index is 1.97. The third-order valence-corrected chi connectivity index (χ3v) is 4.40. The molecule has 0 heterocycles. The summed E-state index contributed by atoms with van der Waals surface area (Å²) in [5, 5.41) is 18.8. The molecule has 3 rings (SSSR count). The van der Waals surface area contributed by atoms with Gasteiger partial charge >= 0.3 is 5.97 Å². The van der Waals surface area contributed by atoms with Gasteiger partial charge < -0.3 is 19.7 Å². The standard InChI is InChI=1S/C20H18O6/c1-25-17-9-12-4-5-13(19(22)15(12)10-18(17)26-2)7-11-3-6-14(20(23)24)16(21)8-11/h3,6-10,21H,4-5H2,1-2H3,(H,23,24). The van der Waals surface area contributed by atoms with Gasteiger partial charge in [0.25, 0.3) is 0 Å². The van der Waals surface area contributed by atoms with Crippen molar-refractivity contribution in [2.24, 2.45) is 0 Å². The molecule has 0 radical (unpaired) electrons. The summed E-state index contributed by atoms with van der Waals surface area (Å²) in [6.07, 6.45) is 2.89. The van der Waals surface area contributed by atoms with Gasteiger partial charge in [-0.2, -0.15) is 0 Å². The molecule has 1 aliphatic carbocycles. The predicted molar refractivity (Wildman–Crippen MR) is 95.2 cm³/mol. The number of phenols is 1. The Hall–Kier alpha value is -3.28. The fraction of sp³-hybridized carbons (Fsp3) is 0.200. The van der Waals surface area contributed by atoms with Crippen molar-refractivity contribution in [3.63, 3.8) is 0 Å². The minimum absolute atomic E-state index is 0.117. The van der Waals surface area contributed by atoms with E-state index in [1.807, 2.05) is 6.07 Å². The van der Waals surface area contributed by atoms with Gasteiger partial charge in [-0.1, -0.05) is 6.07 Å². The van der Waals surface area contributed by atoms with Crippen LogP contribution in [0.25, 0.3) is 6.08 Å². The zero-order chi connectivity index (χ0) is 18.8. The SMILES string of the molecule is COc1cc2c(cc1OC)C(=O)C(=Cc1ccc(C(=O)O)c(O)c1)CC2. The lowest BCUT2D eigenvalue weighted by molar-refractivity contribution is 0.0693. The van der Waals surface area contributed by atoms with Gasteiger partial charge in [0, 0.05) is 11.1 Å². The highest BCUT2D eigenvalue weighted by atomic mass is 16.5. The Morgan fingerprint density at radius 3 is 2.38 bits per heavy atom. The first-order valence-corrected chi connectivity index (χ1v) is 8.01. The molecule has 0 aliphatic heterocycles. The number of carboxylic acids is 1. The Morgan fingerprint density at radius 1 is 1.08 bits per heavy atom. The van der Waals surface area contributed by atoms with Crippen LogP contribution in [0, 0.1) is 0 Å². The molecule has 0 bridgehead atoms. The van der Waals surface area contributed by atoms with E-state index in [9.17, 15) is 14.7 Å². The molecule has 0 atom stereocenters. The summed E-state index contributed by atoms with van der Waals surface area (Å²) in [7, 11) is 3.06. The number of methoxy groups -OCH3 is 2. The number of carbonyl (C=O) groups excluding carboxylic acids is 1. The van der Waals surface area contributed by atoms with Gasteiger partial charge in [0.15, 0.2) is 17.3 Å². The molecule has 0 spiro atoms. The van der Waals surface area contributed by atoms with E-state index in [2.05, 4.69) is 0 Å². The Morgan fingerprint density at radius 2 is 1.77 bits per heavy atom. The third-order valence-electron chi connectivity index (χ3n) is 4.40. The second kappa shape index (κ2) is 6.92. The van der Waals surface area contributed by atoms with E-state index >= 15 is 0 Å². The zero-order valence-corrected chi connectivity index (χ0v) is 14.4. The van der Waals surface area contributed by atoms with Crippen LogP contribution in [-0.2, 0) is 6.42 Å². The number of aryl methyl sites for hydroxylation is 1. The first kappa shape index (κ1) is 17.5. The predicted octanol–water partition coefficient (Wildman–Crippen LogP) is 3.32. The molecule has 0 saturated heterocycles. The van der Waals surface area contributed by atoms with Crippen LogP contribution < -0.4 is 9.47 Å². The van der Waals surface area contributed by atoms with Gasteiger partial charge in [-0.3, -0.25) is 4.79 Å². The summed E-state index contributed by atoms with van der Waals surface area (Å²) >= 11 is 0. The highest BCUT2D eigenvalue weighted by Crippen LogP contribution is 2.36. The smallest absolute Gasteiger partial charge is 0.339 e. The average molecular weight is 354 g/mol. The lowest BCUT2D eigenvalue weighted by atomic mass is 9.85. The average Bonchev–Trinajstić information content (AvgIpc) is 2.63. The number of ether oxygens (including phenoxy) is 2. The summed E-state index contributed by atoms with van der Waals surface area (Å²) in [6.45, 7) is 0. The molecule has 0 unspecified atom stereocenters. The molecule has 2 N–H and O–H groups in total. The number of carbonyl (C=O) groups is 2. The van der Waals surface area contributed by atoms with Crippen LogP contribution in [0.2, 0.25) is 0 Å². The third kappa shape index (κ3) is 3.13. The molecule has 6 heteroatoms. The van der Waals surface area contributed by atoms with Gasteiger partial charge in [0.1, 0.15) is 11.3 Å². The van der Waals surface area contributed by atoms with Crippen molar-refractivity contribution in [1.29, 1.82) is 0 Å². The molecule has 6 nitrogen and oxygen atoms in total. The maximum Gasteiger partial charge on any atom is 0.339 e. The molecule has 134 valence electrons. The topological polar surface area (TPSA) is 93.1 Å². The number of ketones is 1. The number of fused-ring (bicyclic) bond motifs is 1. The summed E-state index contributed by atoms with van der Waals surface area (Å²) in [5.41, 5.74) is 2.44. The van der Waals surface area contributed by atoms with E-state index in [1.165, 1.54) is 19.2 Å². The van der Waals surface area contributed by atoms with E-state index in [0.717, 1.165) is 5.56 Å². The first-order valence-electron chi connectivity index (χ1n) is 8.01. The van der Waals surface area contributed by atoms with Gasteiger partial charge in [0.05, 0.1) is 14.2 Å². The maximum absolute atomic E-state index is 12.8. The number of rotatable bonds is 4. The molecular weight excluding hydrogens is 336 g/mol. The van der Waals surface area contributed by atoms with Crippen molar-refractivity contribution in [2.45, 2.75) is 12.8 Å².